The minimum Gasteiger partial charge on any atom is -0.497 e. The molecule has 0 saturated carbocycles. The molecule has 3 atom stereocenters. The van der Waals surface area contributed by atoms with Crippen molar-refractivity contribution in [1.82, 2.24) is 16.0 Å². The largest absolute Gasteiger partial charge is 0.497 e. The zero-order valence-corrected chi connectivity index (χ0v) is 29.8. The fourth-order valence-corrected chi connectivity index (χ4v) is 5.00. The maximum Gasteiger partial charge on any atom is 0.408 e. The van der Waals surface area contributed by atoms with Crippen LogP contribution in [-0.2, 0) is 38.1 Å². The van der Waals surface area contributed by atoms with E-state index in [2.05, 4.69) is 16.0 Å². The molecular weight excluding hydrogens is 630 g/mol. The molecule has 0 spiro atoms. The first-order valence-corrected chi connectivity index (χ1v) is 16.6. The Morgan fingerprint density at radius 2 is 1.57 bits per heavy atom. The normalized spacial score (nSPS) is 18.3. The number of amides is 3. The predicted octanol–water partition coefficient (Wildman–Crippen LogP) is 4.03. The second kappa shape index (κ2) is 17.7. The van der Waals surface area contributed by atoms with Crippen molar-refractivity contribution in [3.8, 4) is 5.75 Å². The van der Waals surface area contributed by atoms with E-state index in [0.717, 1.165) is 17.3 Å². The minimum absolute atomic E-state index is 0.00565. The highest BCUT2D eigenvalue weighted by molar-refractivity contribution is 8.13. The molecule has 3 amide bonds. The van der Waals surface area contributed by atoms with E-state index in [1.165, 1.54) is 0 Å². The zero-order valence-electron chi connectivity index (χ0n) is 29.0. The molecule has 0 aromatic heterocycles. The van der Waals surface area contributed by atoms with Crippen molar-refractivity contribution in [3.05, 3.63) is 29.8 Å². The average Bonchev–Trinajstić information content (AvgIpc) is 2.95. The molecular formula is C33H51N3O10S. The Morgan fingerprint density at radius 1 is 0.936 bits per heavy atom. The fraction of sp³-hybridized carbons (Fsp3) is 0.667. The number of nitrogens with one attached hydrogen (secondary N) is 3. The molecule has 1 aliphatic heterocycles. The molecule has 264 valence electrons. The summed E-state index contributed by atoms with van der Waals surface area (Å²) < 4.78 is 27.7. The quantitative estimate of drug-likeness (QED) is 0.192. The molecule has 1 aliphatic rings. The third-order valence-corrected chi connectivity index (χ3v) is 7.49. The highest BCUT2D eigenvalue weighted by atomic mass is 32.2. The molecule has 0 radical (unpaired) electrons. The van der Waals surface area contributed by atoms with Gasteiger partial charge in [-0.2, -0.15) is 0 Å². The number of carbonyl (C=O) groups is 5. The van der Waals surface area contributed by atoms with E-state index >= 15 is 0 Å². The standard InChI is InChI=1S/C33H51N3O10S/c1-31(2,3)45-28(40)23(36-30(41)46-32(4,5)6)14-15-25(38)47-19-18-34-24(37)16-17-35-27(39)26-33(7,8)20-43-29(44-26)21-10-12-22(42-9)13-11-21/h10-13,23,26,29H,14-20H2,1-9H3,(H,34,37)(H,35,39)(H,36,41)/t23-,26-,29?/m0/s1. The molecule has 14 heteroatoms. The summed E-state index contributed by atoms with van der Waals surface area (Å²) in [4.78, 5) is 62.7. The summed E-state index contributed by atoms with van der Waals surface area (Å²) in [5.74, 6) is -0.278. The number of ether oxygens (including phenoxy) is 5. The number of methoxy groups -OCH3 is 1. The van der Waals surface area contributed by atoms with Crippen molar-refractivity contribution in [2.75, 3.05) is 32.6 Å². The summed E-state index contributed by atoms with van der Waals surface area (Å²) in [6.45, 7) is 14.6. The van der Waals surface area contributed by atoms with Crippen molar-refractivity contribution in [3.63, 3.8) is 0 Å². The van der Waals surface area contributed by atoms with E-state index in [-0.39, 0.29) is 49.3 Å². The van der Waals surface area contributed by atoms with Gasteiger partial charge in [-0.3, -0.25) is 14.4 Å². The monoisotopic (exact) mass is 681 g/mol. The number of esters is 1. The number of hydrogen-bond acceptors (Lipinski definition) is 11. The first kappa shape index (κ1) is 39.8. The Hall–Kier alpha value is -3.36. The van der Waals surface area contributed by atoms with Gasteiger partial charge in [-0.05, 0) is 60.1 Å². The van der Waals surface area contributed by atoms with Crippen molar-refractivity contribution < 1.29 is 47.7 Å². The summed E-state index contributed by atoms with van der Waals surface area (Å²) in [5.41, 5.74) is -1.36. The van der Waals surface area contributed by atoms with Gasteiger partial charge in [-0.25, -0.2) is 9.59 Å². The van der Waals surface area contributed by atoms with E-state index in [4.69, 9.17) is 23.7 Å². The number of carbonyl (C=O) groups excluding carboxylic acids is 5. The molecule has 1 fully saturated rings. The van der Waals surface area contributed by atoms with Gasteiger partial charge in [0, 0.05) is 42.7 Å². The van der Waals surface area contributed by atoms with Crippen molar-refractivity contribution >= 4 is 40.8 Å². The lowest BCUT2D eigenvalue weighted by molar-refractivity contribution is -0.258. The molecule has 1 saturated heterocycles. The highest BCUT2D eigenvalue weighted by Gasteiger charge is 2.43. The number of thioether (sulfide) groups is 1. The van der Waals surface area contributed by atoms with Crippen LogP contribution in [0.5, 0.6) is 5.75 Å². The van der Waals surface area contributed by atoms with Gasteiger partial charge >= 0.3 is 12.1 Å². The van der Waals surface area contributed by atoms with Crippen LogP contribution < -0.4 is 20.7 Å². The summed E-state index contributed by atoms with van der Waals surface area (Å²) >= 11 is 1.01. The van der Waals surface area contributed by atoms with E-state index in [1.54, 1.807) is 60.8 Å². The van der Waals surface area contributed by atoms with E-state index < -0.39 is 47.1 Å². The number of hydrogen-bond donors (Lipinski definition) is 3. The molecule has 1 aromatic carbocycles. The van der Waals surface area contributed by atoms with Gasteiger partial charge in [0.25, 0.3) is 0 Å². The van der Waals surface area contributed by atoms with Gasteiger partial charge in [0.05, 0.1) is 13.7 Å². The second-order valence-corrected chi connectivity index (χ2v) is 15.0. The van der Waals surface area contributed by atoms with Gasteiger partial charge in [-0.15, -0.1) is 0 Å². The molecule has 0 bridgehead atoms. The average molecular weight is 682 g/mol. The molecule has 13 nitrogen and oxygen atoms in total. The van der Waals surface area contributed by atoms with Crippen LogP contribution in [0.2, 0.25) is 0 Å². The molecule has 1 heterocycles. The third-order valence-electron chi connectivity index (χ3n) is 6.56. The Bertz CT molecular complexity index is 1220. The van der Waals surface area contributed by atoms with Crippen molar-refractivity contribution in [1.29, 1.82) is 0 Å². The molecule has 1 aromatic rings. The van der Waals surface area contributed by atoms with Crippen LogP contribution in [0.3, 0.4) is 0 Å². The second-order valence-electron chi connectivity index (χ2n) is 13.8. The predicted molar refractivity (Wildman–Crippen MR) is 177 cm³/mol. The van der Waals surface area contributed by atoms with E-state index in [0.29, 0.717) is 18.1 Å². The summed E-state index contributed by atoms with van der Waals surface area (Å²) in [7, 11) is 1.58. The minimum atomic E-state index is -1.06. The van der Waals surface area contributed by atoms with Gasteiger partial charge in [0.15, 0.2) is 11.4 Å². The van der Waals surface area contributed by atoms with Crippen LogP contribution >= 0.6 is 11.8 Å². The van der Waals surface area contributed by atoms with Gasteiger partial charge < -0.3 is 39.6 Å². The first-order valence-electron chi connectivity index (χ1n) is 15.6. The third kappa shape index (κ3) is 14.9. The van der Waals surface area contributed by atoms with Crippen LogP contribution in [0.4, 0.5) is 4.79 Å². The van der Waals surface area contributed by atoms with Gasteiger partial charge in [-0.1, -0.05) is 37.7 Å². The smallest absolute Gasteiger partial charge is 0.408 e. The van der Waals surface area contributed by atoms with E-state index in [9.17, 15) is 24.0 Å². The summed E-state index contributed by atoms with van der Waals surface area (Å²) in [5, 5.41) is 7.79. The Morgan fingerprint density at radius 3 is 2.17 bits per heavy atom. The maximum atomic E-state index is 13.0. The van der Waals surface area contributed by atoms with Crippen LogP contribution in [0, 0.1) is 5.41 Å². The van der Waals surface area contributed by atoms with Gasteiger partial charge in [0.2, 0.25) is 11.8 Å². The van der Waals surface area contributed by atoms with E-state index in [1.807, 2.05) is 26.0 Å². The van der Waals surface area contributed by atoms with Crippen molar-refractivity contribution in [2.45, 2.75) is 104 Å². The molecule has 47 heavy (non-hydrogen) atoms. The highest BCUT2D eigenvalue weighted by Crippen LogP contribution is 2.37. The molecule has 3 N–H and O–H groups in total. The Kier molecular flexibility index (Phi) is 15.0. The topological polar surface area (TPSA) is 168 Å². The number of rotatable bonds is 14. The molecule has 2 rings (SSSR count). The maximum absolute atomic E-state index is 13.0. The fourth-order valence-electron chi connectivity index (χ4n) is 4.31. The van der Waals surface area contributed by atoms with Crippen LogP contribution in [0.15, 0.2) is 24.3 Å². The SMILES string of the molecule is COc1ccc(C2OCC(C)(C)[C@H](C(=O)NCCC(=O)NCCSC(=O)CC[C@H](NC(=O)OC(C)(C)C)C(=O)OC(C)(C)C)O2)cc1. The molecule has 1 unspecified atom stereocenters. The Labute approximate surface area is 281 Å². The number of benzene rings is 1. The first-order chi connectivity index (χ1) is 21.8. The van der Waals surface area contributed by atoms with Crippen LogP contribution in [0.25, 0.3) is 0 Å². The Balaban J connectivity index is 1.73. The van der Waals surface area contributed by atoms with Crippen LogP contribution in [-0.4, -0.2) is 84.9 Å². The summed E-state index contributed by atoms with van der Waals surface area (Å²) in [6, 6.07) is 6.15. The summed E-state index contributed by atoms with van der Waals surface area (Å²) in [6.07, 6.45) is -2.21. The van der Waals surface area contributed by atoms with Crippen molar-refractivity contribution in [2.24, 2.45) is 5.41 Å². The lowest BCUT2D eigenvalue weighted by Crippen LogP contribution is -2.52. The van der Waals surface area contributed by atoms with Crippen LogP contribution in [0.1, 0.15) is 86.5 Å². The van der Waals surface area contributed by atoms with Gasteiger partial charge in [0.1, 0.15) is 29.1 Å². The molecule has 0 aliphatic carbocycles. The number of alkyl carbamates (subject to hydrolysis) is 1. The lowest BCUT2D eigenvalue weighted by atomic mass is 9.85. The zero-order chi connectivity index (χ0) is 35.4. The lowest BCUT2D eigenvalue weighted by Gasteiger charge is -2.41.